The predicted octanol–water partition coefficient (Wildman–Crippen LogP) is 11.1. The smallest absolute Gasteiger partial charge is 0.0913 e. The summed E-state index contributed by atoms with van der Waals surface area (Å²) in [7, 11) is 1.74. The molecule has 0 atom stereocenters. The van der Waals surface area contributed by atoms with Crippen molar-refractivity contribution < 1.29 is 9.47 Å². The first-order valence-corrected chi connectivity index (χ1v) is 15.7. The van der Waals surface area contributed by atoms with Gasteiger partial charge in [-0.1, -0.05) is 91.0 Å². The van der Waals surface area contributed by atoms with Crippen molar-refractivity contribution in [1.29, 1.82) is 0 Å². The monoisotopic (exact) mass is 587 g/mol. The number of benzene rings is 7. The molecule has 0 aliphatic carbocycles. The molecule has 0 saturated heterocycles. The summed E-state index contributed by atoms with van der Waals surface area (Å²) < 4.78 is 14.7. The Hall–Kier alpha value is -4.70. The summed E-state index contributed by atoms with van der Waals surface area (Å²) in [5, 5.41) is 12.6. The van der Waals surface area contributed by atoms with Gasteiger partial charge < -0.3 is 14.0 Å². The van der Waals surface area contributed by atoms with E-state index in [0.29, 0.717) is 6.61 Å². The van der Waals surface area contributed by atoms with Gasteiger partial charge in [0.25, 0.3) is 0 Å². The van der Waals surface area contributed by atoms with Gasteiger partial charge in [0.2, 0.25) is 0 Å². The molecule has 0 aliphatic heterocycles. The zero-order valence-corrected chi connectivity index (χ0v) is 26.5. The number of nitrogens with zero attached hydrogens (tertiary/aromatic N) is 1. The van der Waals surface area contributed by atoms with Crippen LogP contribution >= 0.6 is 0 Å². The fourth-order valence-corrected chi connectivity index (χ4v) is 6.90. The summed E-state index contributed by atoms with van der Waals surface area (Å²) in [5.41, 5.74) is 3.93. The Labute approximate surface area is 263 Å². The molecule has 0 amide bonds. The van der Waals surface area contributed by atoms with Gasteiger partial charge in [0.15, 0.2) is 0 Å². The third-order valence-corrected chi connectivity index (χ3v) is 10.3. The second-order valence-corrected chi connectivity index (χ2v) is 13.2. The highest BCUT2D eigenvalue weighted by Gasteiger charge is 2.38. The Morgan fingerprint density at radius 2 is 1.09 bits per heavy atom. The van der Waals surface area contributed by atoms with Crippen molar-refractivity contribution in [2.75, 3.05) is 7.11 Å². The van der Waals surface area contributed by atoms with Crippen LogP contribution in [0.5, 0.6) is 0 Å². The first-order chi connectivity index (χ1) is 21.8. The van der Waals surface area contributed by atoms with Gasteiger partial charge in [-0.2, -0.15) is 0 Å². The molecule has 0 N–H and O–H groups in total. The molecule has 222 valence electrons. The van der Waals surface area contributed by atoms with Gasteiger partial charge in [0.1, 0.15) is 0 Å². The van der Waals surface area contributed by atoms with E-state index in [1.165, 1.54) is 70.6 Å². The Morgan fingerprint density at radius 3 is 1.84 bits per heavy atom. The van der Waals surface area contributed by atoms with Gasteiger partial charge in [0, 0.05) is 23.3 Å². The van der Waals surface area contributed by atoms with Gasteiger partial charge in [-0.25, -0.2) is 0 Å². The SMILES string of the molecule is COC(C)(C)C(C)(C)OCc1ccc2c(c1)c1ccccc1c1cc3c(cc21)c1ccccc1n3-c1cccc2ccccc12. The topological polar surface area (TPSA) is 23.4 Å². The minimum atomic E-state index is -0.452. The molecular formula is C42H37NO2. The standard InChI is InChI=1S/C42H37NO2/c1-41(2,44-5)42(3,4)45-26-27-21-22-32-34(23-27)30-16-8-9-17-31(30)36-25-40-37(24-35(32)36)33-18-10-11-19-39(33)43(40)38-20-12-14-28-13-6-7-15-29(28)38/h6-25H,26H2,1-5H3. The number of methoxy groups -OCH3 is 1. The van der Waals surface area contributed by atoms with Crippen LogP contribution in [0.4, 0.5) is 0 Å². The van der Waals surface area contributed by atoms with Gasteiger partial charge >= 0.3 is 0 Å². The number of rotatable bonds is 6. The van der Waals surface area contributed by atoms with Crippen LogP contribution in [0.1, 0.15) is 33.3 Å². The fraction of sp³-hybridized carbons (Fsp3) is 0.190. The molecule has 1 heterocycles. The summed E-state index contributed by atoms with van der Waals surface area (Å²) >= 11 is 0. The molecule has 0 saturated carbocycles. The highest BCUT2D eigenvalue weighted by Crippen LogP contribution is 2.42. The lowest BCUT2D eigenvalue weighted by atomic mass is 9.89. The average molecular weight is 588 g/mol. The lowest BCUT2D eigenvalue weighted by Crippen LogP contribution is -2.48. The maximum atomic E-state index is 6.47. The maximum absolute atomic E-state index is 6.47. The average Bonchev–Trinajstić information content (AvgIpc) is 3.39. The zero-order chi connectivity index (χ0) is 30.9. The Bertz CT molecular complexity index is 2420. The molecule has 3 nitrogen and oxygen atoms in total. The van der Waals surface area contributed by atoms with Crippen LogP contribution in [0.15, 0.2) is 121 Å². The van der Waals surface area contributed by atoms with Crippen molar-refractivity contribution in [3.8, 4) is 5.69 Å². The second kappa shape index (κ2) is 10.2. The molecule has 1 aromatic heterocycles. The molecule has 0 aliphatic rings. The molecule has 7 aromatic carbocycles. The van der Waals surface area contributed by atoms with E-state index in [1.807, 2.05) is 0 Å². The Morgan fingerprint density at radius 1 is 0.489 bits per heavy atom. The number of fused-ring (bicyclic) bond motifs is 10. The van der Waals surface area contributed by atoms with E-state index in [-0.39, 0.29) is 0 Å². The van der Waals surface area contributed by atoms with E-state index < -0.39 is 11.2 Å². The summed E-state index contributed by atoms with van der Waals surface area (Å²) in [6.45, 7) is 8.86. The van der Waals surface area contributed by atoms with Crippen molar-refractivity contribution in [3.63, 3.8) is 0 Å². The minimum Gasteiger partial charge on any atom is -0.376 e. The van der Waals surface area contributed by atoms with Crippen LogP contribution in [0.25, 0.3) is 70.6 Å². The lowest BCUT2D eigenvalue weighted by molar-refractivity contribution is -0.168. The summed E-state index contributed by atoms with van der Waals surface area (Å²) in [6.07, 6.45) is 0. The van der Waals surface area contributed by atoms with Gasteiger partial charge in [-0.3, -0.25) is 0 Å². The molecule has 0 radical (unpaired) electrons. The molecule has 0 spiro atoms. The zero-order valence-electron chi connectivity index (χ0n) is 26.5. The minimum absolute atomic E-state index is 0.413. The molecule has 3 heteroatoms. The van der Waals surface area contributed by atoms with Crippen LogP contribution in [-0.2, 0) is 16.1 Å². The second-order valence-electron chi connectivity index (χ2n) is 13.2. The molecule has 8 rings (SSSR count). The van der Waals surface area contributed by atoms with Crippen LogP contribution in [0.2, 0.25) is 0 Å². The number of para-hydroxylation sites is 1. The van der Waals surface area contributed by atoms with Crippen LogP contribution in [0, 0.1) is 0 Å². The number of aromatic nitrogens is 1. The van der Waals surface area contributed by atoms with E-state index in [4.69, 9.17) is 9.47 Å². The van der Waals surface area contributed by atoms with E-state index in [1.54, 1.807) is 7.11 Å². The molecule has 8 aromatic rings. The van der Waals surface area contributed by atoms with Crippen molar-refractivity contribution in [2.24, 2.45) is 0 Å². The van der Waals surface area contributed by atoms with Gasteiger partial charge in [0.05, 0.1) is 34.5 Å². The highest BCUT2D eigenvalue weighted by molar-refractivity contribution is 6.29. The van der Waals surface area contributed by atoms with Crippen molar-refractivity contribution in [3.05, 3.63) is 127 Å². The van der Waals surface area contributed by atoms with Crippen molar-refractivity contribution in [1.82, 2.24) is 4.57 Å². The van der Waals surface area contributed by atoms with E-state index in [9.17, 15) is 0 Å². The van der Waals surface area contributed by atoms with Crippen molar-refractivity contribution >= 4 is 64.9 Å². The number of hydrogen-bond donors (Lipinski definition) is 0. The Kier molecular flexibility index (Phi) is 6.29. The summed E-state index contributed by atoms with van der Waals surface area (Å²) in [5.74, 6) is 0. The van der Waals surface area contributed by atoms with E-state index >= 15 is 0 Å². The van der Waals surface area contributed by atoms with Crippen LogP contribution in [0.3, 0.4) is 0 Å². The number of hydrogen-bond acceptors (Lipinski definition) is 2. The first-order valence-electron chi connectivity index (χ1n) is 15.7. The molecule has 0 fully saturated rings. The molecule has 45 heavy (non-hydrogen) atoms. The van der Waals surface area contributed by atoms with E-state index in [0.717, 1.165) is 5.56 Å². The molecular weight excluding hydrogens is 550 g/mol. The summed E-state index contributed by atoms with van der Waals surface area (Å²) in [4.78, 5) is 0. The quantitative estimate of drug-likeness (QED) is 0.181. The fourth-order valence-electron chi connectivity index (χ4n) is 6.90. The predicted molar refractivity (Wildman–Crippen MR) is 191 cm³/mol. The third kappa shape index (κ3) is 4.26. The highest BCUT2D eigenvalue weighted by atomic mass is 16.6. The summed E-state index contributed by atoms with van der Waals surface area (Å²) in [6, 6.07) is 44.6. The van der Waals surface area contributed by atoms with E-state index in [2.05, 4.69) is 154 Å². The maximum Gasteiger partial charge on any atom is 0.0913 e. The van der Waals surface area contributed by atoms with Gasteiger partial charge in [-0.15, -0.1) is 0 Å². The molecule has 0 unspecified atom stereocenters. The van der Waals surface area contributed by atoms with Crippen molar-refractivity contribution in [2.45, 2.75) is 45.5 Å². The van der Waals surface area contributed by atoms with Crippen LogP contribution < -0.4 is 0 Å². The van der Waals surface area contributed by atoms with Crippen LogP contribution in [-0.4, -0.2) is 22.9 Å². The first kappa shape index (κ1) is 27.8. The largest absolute Gasteiger partial charge is 0.376 e. The lowest BCUT2D eigenvalue weighted by Gasteiger charge is -2.40. The third-order valence-electron chi connectivity index (χ3n) is 10.3. The normalized spacial score (nSPS) is 12.8. The Balaban J connectivity index is 1.39. The van der Waals surface area contributed by atoms with Gasteiger partial charge in [-0.05, 0) is 101 Å². The molecule has 0 bridgehead atoms. The number of ether oxygens (including phenoxy) is 2.